The molecule has 0 atom stereocenters. The molecule has 3 amide bonds. The van der Waals surface area contributed by atoms with Gasteiger partial charge in [-0.25, -0.2) is 4.98 Å². The molecule has 0 aliphatic carbocycles. The molecule has 5 N–H and O–H groups in total. The van der Waals surface area contributed by atoms with E-state index in [1.165, 1.54) is 5.38 Å². The Kier molecular flexibility index (Phi) is 5.12. The third kappa shape index (κ3) is 4.00. The molecule has 0 aliphatic rings. The van der Waals surface area contributed by atoms with Gasteiger partial charge in [0, 0.05) is 5.38 Å². The predicted octanol–water partition coefficient (Wildman–Crippen LogP) is -1.01. The van der Waals surface area contributed by atoms with E-state index >= 15 is 0 Å². The number of primary amides is 1. The largest absolute Gasteiger partial charge is 0.389 e. The van der Waals surface area contributed by atoms with Crippen LogP contribution in [0, 0.1) is 0 Å². The van der Waals surface area contributed by atoms with Crippen molar-refractivity contribution in [3.05, 3.63) is 40.6 Å². The van der Waals surface area contributed by atoms with E-state index in [1.807, 2.05) is 0 Å². The second kappa shape index (κ2) is 6.59. The number of carbonyl (C=O) groups excluding carboxylic acids is 3. The maximum absolute atomic E-state index is 11.7. The van der Waals surface area contributed by atoms with E-state index in [0.29, 0.717) is 5.01 Å². The molecule has 0 unspecified atom stereocenters. The van der Waals surface area contributed by atoms with E-state index in [-0.39, 0.29) is 23.7 Å². The number of amides is 3. The second-order valence-corrected chi connectivity index (χ2v) is 4.46. The highest BCUT2D eigenvalue weighted by molar-refractivity contribution is 7.09. The van der Waals surface area contributed by atoms with Gasteiger partial charge < -0.3 is 21.5 Å². The van der Waals surface area contributed by atoms with E-state index in [4.69, 9.17) is 10.8 Å². The summed E-state index contributed by atoms with van der Waals surface area (Å²) in [5.74, 6) is -2.38. The highest BCUT2D eigenvalue weighted by atomic mass is 32.1. The van der Waals surface area contributed by atoms with Crippen molar-refractivity contribution in [3.8, 4) is 0 Å². The highest BCUT2D eigenvalue weighted by Gasteiger charge is 2.16. The Morgan fingerprint density at radius 3 is 2.45 bits per heavy atom. The predicted molar refractivity (Wildman–Crippen MR) is 71.1 cm³/mol. The summed E-state index contributed by atoms with van der Waals surface area (Å²) in [5.41, 5.74) is 4.32. The molecule has 0 radical (unpaired) electrons. The zero-order chi connectivity index (χ0) is 15.3. The summed E-state index contributed by atoms with van der Waals surface area (Å²) in [4.78, 5) is 37.8. The van der Waals surface area contributed by atoms with Crippen molar-refractivity contribution in [1.29, 1.82) is 0 Å². The molecule has 0 bridgehead atoms. The van der Waals surface area contributed by atoms with Gasteiger partial charge in [-0.3, -0.25) is 14.4 Å². The lowest BCUT2D eigenvalue weighted by atomic mass is 10.3. The lowest BCUT2D eigenvalue weighted by Gasteiger charge is -2.08. The first-order valence-electron chi connectivity index (χ1n) is 5.20. The number of hydrogen-bond acceptors (Lipinski definition) is 6. The average molecular weight is 296 g/mol. The van der Waals surface area contributed by atoms with Crippen LogP contribution in [0.25, 0.3) is 0 Å². The lowest BCUT2D eigenvalue weighted by molar-refractivity contribution is -0.120. The molecular weight excluding hydrogens is 284 g/mol. The average Bonchev–Trinajstić information content (AvgIpc) is 2.87. The summed E-state index contributed by atoms with van der Waals surface area (Å²) in [6.07, 6.45) is 0. The van der Waals surface area contributed by atoms with E-state index < -0.39 is 17.7 Å². The molecule has 1 aromatic rings. The minimum Gasteiger partial charge on any atom is -0.389 e. The van der Waals surface area contributed by atoms with E-state index in [2.05, 4.69) is 28.8 Å². The van der Waals surface area contributed by atoms with Crippen molar-refractivity contribution in [2.75, 3.05) is 0 Å². The minimum absolute atomic E-state index is 0.0433. The Hall–Kier alpha value is -2.52. The van der Waals surface area contributed by atoms with E-state index in [1.54, 1.807) is 0 Å². The van der Waals surface area contributed by atoms with Crippen LogP contribution in [0.2, 0.25) is 0 Å². The SMILES string of the molecule is C=C(NC(=O)C(=C)NC(=O)c1csc(CO)n1)C(N)=O. The Labute approximate surface area is 118 Å². The second-order valence-electron chi connectivity index (χ2n) is 3.51. The number of carbonyl (C=O) groups is 3. The quantitative estimate of drug-likeness (QED) is 0.499. The Morgan fingerprint density at radius 1 is 1.30 bits per heavy atom. The van der Waals surface area contributed by atoms with Gasteiger partial charge in [0.05, 0.1) is 18.0 Å². The molecule has 9 heteroatoms. The molecule has 0 saturated heterocycles. The van der Waals surface area contributed by atoms with Gasteiger partial charge in [-0.05, 0) is 0 Å². The summed E-state index contributed by atoms with van der Waals surface area (Å²) in [7, 11) is 0. The number of aliphatic hydroxyl groups excluding tert-OH is 1. The number of nitrogens with one attached hydrogen (secondary N) is 2. The van der Waals surface area contributed by atoms with Gasteiger partial charge in [0.2, 0.25) is 0 Å². The van der Waals surface area contributed by atoms with Crippen LogP contribution < -0.4 is 16.4 Å². The normalized spacial score (nSPS) is 9.65. The van der Waals surface area contributed by atoms with Crippen molar-refractivity contribution in [1.82, 2.24) is 15.6 Å². The lowest BCUT2D eigenvalue weighted by Crippen LogP contribution is -2.36. The van der Waals surface area contributed by atoms with Gasteiger partial charge in [0.1, 0.15) is 10.7 Å². The van der Waals surface area contributed by atoms with Crippen molar-refractivity contribution in [2.45, 2.75) is 6.61 Å². The molecule has 1 aromatic heterocycles. The number of hydrogen-bond donors (Lipinski definition) is 4. The van der Waals surface area contributed by atoms with Crippen molar-refractivity contribution >= 4 is 29.1 Å². The van der Waals surface area contributed by atoms with Crippen LogP contribution in [0.4, 0.5) is 0 Å². The fraction of sp³-hybridized carbons (Fsp3) is 0.0909. The number of nitrogens with zero attached hydrogens (tertiary/aromatic N) is 1. The Balaban J connectivity index is 2.61. The highest BCUT2D eigenvalue weighted by Crippen LogP contribution is 2.09. The first-order valence-corrected chi connectivity index (χ1v) is 6.08. The molecule has 0 fully saturated rings. The first kappa shape index (κ1) is 15.5. The summed E-state index contributed by atoms with van der Waals surface area (Å²) >= 11 is 1.10. The third-order valence-corrected chi connectivity index (χ3v) is 2.85. The van der Waals surface area contributed by atoms with Gasteiger partial charge in [-0.1, -0.05) is 13.2 Å². The van der Waals surface area contributed by atoms with Crippen molar-refractivity contribution < 1.29 is 19.5 Å². The van der Waals surface area contributed by atoms with Crippen LogP contribution in [0.3, 0.4) is 0 Å². The Morgan fingerprint density at radius 2 is 1.95 bits per heavy atom. The smallest absolute Gasteiger partial charge is 0.275 e. The number of aliphatic hydroxyl groups is 1. The molecule has 0 aliphatic heterocycles. The van der Waals surface area contributed by atoms with Gasteiger partial charge in [-0.2, -0.15) is 0 Å². The topological polar surface area (TPSA) is 134 Å². The van der Waals surface area contributed by atoms with Crippen LogP contribution in [0.15, 0.2) is 29.9 Å². The van der Waals surface area contributed by atoms with Crippen molar-refractivity contribution in [3.63, 3.8) is 0 Å². The molecule has 8 nitrogen and oxygen atoms in total. The molecular formula is C11H12N4O4S. The summed E-state index contributed by atoms with van der Waals surface area (Å²) in [6.45, 7) is 6.30. The zero-order valence-electron chi connectivity index (χ0n) is 10.3. The maximum Gasteiger partial charge on any atom is 0.275 e. The van der Waals surface area contributed by atoms with Gasteiger partial charge >= 0.3 is 0 Å². The summed E-state index contributed by atoms with van der Waals surface area (Å²) in [5, 5.41) is 14.9. The third-order valence-electron chi connectivity index (χ3n) is 2.02. The molecule has 20 heavy (non-hydrogen) atoms. The number of thiazole rings is 1. The fourth-order valence-corrected chi connectivity index (χ4v) is 1.65. The van der Waals surface area contributed by atoms with Gasteiger partial charge in [0.25, 0.3) is 17.7 Å². The van der Waals surface area contributed by atoms with E-state index in [0.717, 1.165) is 11.3 Å². The molecule has 0 spiro atoms. The number of nitrogens with two attached hydrogens (primary N) is 1. The fourth-order valence-electron chi connectivity index (χ4n) is 1.02. The monoisotopic (exact) mass is 296 g/mol. The van der Waals surface area contributed by atoms with Gasteiger partial charge in [-0.15, -0.1) is 11.3 Å². The van der Waals surface area contributed by atoms with Crippen LogP contribution in [-0.2, 0) is 16.2 Å². The number of aromatic nitrogens is 1. The zero-order valence-corrected chi connectivity index (χ0v) is 11.1. The van der Waals surface area contributed by atoms with Crippen LogP contribution >= 0.6 is 11.3 Å². The summed E-state index contributed by atoms with van der Waals surface area (Å²) in [6, 6.07) is 0. The molecule has 0 saturated carbocycles. The van der Waals surface area contributed by atoms with Crippen LogP contribution in [0.1, 0.15) is 15.5 Å². The van der Waals surface area contributed by atoms with Gasteiger partial charge in [0.15, 0.2) is 0 Å². The molecule has 0 aromatic carbocycles. The summed E-state index contributed by atoms with van der Waals surface area (Å²) < 4.78 is 0. The number of rotatable bonds is 6. The molecule has 1 heterocycles. The Bertz CT molecular complexity index is 593. The molecule has 106 valence electrons. The minimum atomic E-state index is -0.899. The molecule has 1 rings (SSSR count). The van der Waals surface area contributed by atoms with Crippen LogP contribution in [0.5, 0.6) is 0 Å². The first-order chi connectivity index (χ1) is 9.35. The maximum atomic E-state index is 11.7. The van der Waals surface area contributed by atoms with Crippen LogP contribution in [-0.4, -0.2) is 27.8 Å². The van der Waals surface area contributed by atoms with Crippen molar-refractivity contribution in [2.24, 2.45) is 5.73 Å². The van der Waals surface area contributed by atoms with E-state index in [9.17, 15) is 14.4 Å². The standard InChI is InChI=1S/C11H12N4O4S/c1-5(9(12)17)13-10(18)6(2)14-11(19)7-4-20-8(3-16)15-7/h4,16H,1-3H2,(H2,12,17)(H,13,18)(H,14,19).